The van der Waals surface area contributed by atoms with E-state index in [9.17, 15) is 19.1 Å². The first-order valence-corrected chi connectivity index (χ1v) is 21.1. The molecule has 2 heterocycles. The summed E-state index contributed by atoms with van der Waals surface area (Å²) in [4.78, 5) is 29.2. The van der Waals surface area contributed by atoms with Crippen LogP contribution in [0.4, 0.5) is 4.39 Å². The molecule has 0 aliphatic carbocycles. The van der Waals surface area contributed by atoms with E-state index in [-0.39, 0.29) is 36.6 Å². The Morgan fingerprint density at radius 2 is 1.61 bits per heavy atom. The molecule has 4 unspecified atom stereocenters. The number of nitrogens with one attached hydrogen (secondary N) is 1. The van der Waals surface area contributed by atoms with Crippen LogP contribution in [0.2, 0.25) is 10.0 Å². The topological polar surface area (TPSA) is 121 Å². The van der Waals surface area contributed by atoms with Crippen LogP contribution in [0, 0.1) is 17.1 Å². The average molecular weight is 871 g/mol. The third-order valence-corrected chi connectivity index (χ3v) is 12.2. The third-order valence-electron chi connectivity index (χ3n) is 11.4. The maximum Gasteiger partial charge on any atom is 0.326 e. The molecule has 0 fully saturated rings. The lowest BCUT2D eigenvalue weighted by Gasteiger charge is -2.42. The summed E-state index contributed by atoms with van der Waals surface area (Å²) < 4.78 is 33.1. The quantitative estimate of drug-likeness (QED) is 0.118. The van der Waals surface area contributed by atoms with Crippen LogP contribution in [-0.2, 0) is 35.6 Å². The molecule has 1 amide bonds. The molecule has 2 aliphatic rings. The second kappa shape index (κ2) is 18.7. The maximum atomic E-state index is 14.4. The van der Waals surface area contributed by atoms with Crippen LogP contribution in [0.1, 0.15) is 64.4 Å². The number of carbonyl (C=O) groups is 2. The highest BCUT2D eigenvalue weighted by Crippen LogP contribution is 2.43. The molecule has 62 heavy (non-hydrogen) atoms. The SMILES string of the molecule is CCC(c1ccccc1)N1Cc2cc3c(cc2CC1C(=O)NC(Cc1ccc(-c2ccc(C#N)c(F)c2)cc1)C(=O)O)OCC(c1ccc(OCc2ccc(Cl)c(Cl)c2)cc1)O3. The third kappa shape index (κ3) is 9.41. The Morgan fingerprint density at radius 3 is 2.31 bits per heavy atom. The molecule has 0 aromatic heterocycles. The summed E-state index contributed by atoms with van der Waals surface area (Å²) in [6.07, 6.45) is 0.715. The molecule has 9 nitrogen and oxygen atoms in total. The molecule has 6 aromatic carbocycles. The van der Waals surface area contributed by atoms with Crippen LogP contribution in [0.5, 0.6) is 17.2 Å². The Balaban J connectivity index is 0.988. The number of benzene rings is 6. The van der Waals surface area contributed by atoms with Gasteiger partial charge in [-0.05, 0) is 106 Å². The van der Waals surface area contributed by atoms with Crippen molar-refractivity contribution in [2.75, 3.05) is 6.61 Å². The van der Waals surface area contributed by atoms with Gasteiger partial charge in [-0.2, -0.15) is 5.26 Å². The Labute approximate surface area is 369 Å². The zero-order valence-electron chi connectivity index (χ0n) is 33.7. The summed E-state index contributed by atoms with van der Waals surface area (Å²) in [5.74, 6) is -0.277. The van der Waals surface area contributed by atoms with Gasteiger partial charge in [-0.25, -0.2) is 9.18 Å². The van der Waals surface area contributed by atoms with Crippen molar-refractivity contribution in [2.45, 2.75) is 63.6 Å². The minimum absolute atomic E-state index is 0.0383. The Morgan fingerprint density at radius 1 is 0.887 bits per heavy atom. The summed E-state index contributed by atoms with van der Waals surface area (Å²) in [6, 6.07) is 38.3. The number of hydrogen-bond donors (Lipinski definition) is 2. The van der Waals surface area contributed by atoms with Crippen molar-refractivity contribution in [3.05, 3.63) is 182 Å². The molecule has 0 saturated heterocycles. The van der Waals surface area contributed by atoms with Gasteiger partial charge < -0.3 is 24.6 Å². The monoisotopic (exact) mass is 869 g/mol. The summed E-state index contributed by atoms with van der Waals surface area (Å²) in [7, 11) is 0. The van der Waals surface area contributed by atoms with E-state index in [4.69, 9.17) is 42.7 Å². The van der Waals surface area contributed by atoms with Crippen LogP contribution in [0.25, 0.3) is 11.1 Å². The smallest absolute Gasteiger partial charge is 0.326 e. The van der Waals surface area contributed by atoms with E-state index in [1.54, 1.807) is 42.5 Å². The fourth-order valence-electron chi connectivity index (χ4n) is 8.14. The van der Waals surface area contributed by atoms with E-state index < -0.39 is 23.9 Å². The second-order valence-electron chi connectivity index (χ2n) is 15.4. The van der Waals surface area contributed by atoms with Gasteiger partial charge in [0.2, 0.25) is 5.91 Å². The maximum absolute atomic E-state index is 14.4. The fourth-order valence-corrected chi connectivity index (χ4v) is 8.46. The molecule has 2 N–H and O–H groups in total. The molecular formula is C50H42Cl2FN3O6. The van der Waals surface area contributed by atoms with E-state index in [2.05, 4.69) is 17.1 Å². The molecule has 0 spiro atoms. The largest absolute Gasteiger partial charge is 0.489 e. The standard InChI is InChI=1S/C50H42Cl2FN3O6/c1-2-44(33-6-4-3-5-7-33)56-27-38-25-47-46(61-29-48(62-47)34-15-17-39(18-16-34)60-28-31-10-19-40(51)41(52)20-31)24-37(38)23-45(56)49(57)55-43(50(58)59)21-30-8-11-32(12-9-30)35-13-14-36(26-54)42(53)22-35/h3-20,22,24-25,43-45,48H,2,21,23,27-29H2,1H3,(H,55,57)(H,58,59). The predicted octanol–water partition coefficient (Wildman–Crippen LogP) is 10.5. The summed E-state index contributed by atoms with van der Waals surface area (Å²) in [5.41, 5.74) is 6.74. The lowest BCUT2D eigenvalue weighted by atomic mass is 9.89. The minimum atomic E-state index is -1.21. The highest BCUT2D eigenvalue weighted by molar-refractivity contribution is 6.42. The van der Waals surface area contributed by atoms with Crippen LogP contribution in [0.15, 0.2) is 127 Å². The number of fused-ring (bicyclic) bond motifs is 2. The molecule has 4 atom stereocenters. The number of carboxylic acid groups (broad SMARTS) is 1. The minimum Gasteiger partial charge on any atom is -0.489 e. The first-order valence-electron chi connectivity index (χ1n) is 20.3. The molecule has 6 aromatic rings. The number of aliphatic carboxylic acids is 1. The van der Waals surface area contributed by atoms with Crippen molar-refractivity contribution in [1.82, 2.24) is 10.2 Å². The molecular weight excluding hydrogens is 828 g/mol. The number of halogens is 3. The fraction of sp³-hybridized carbons (Fsp3) is 0.220. The molecule has 0 saturated carbocycles. The van der Waals surface area contributed by atoms with Crippen molar-refractivity contribution in [1.29, 1.82) is 5.26 Å². The number of amides is 1. The number of nitriles is 1. The van der Waals surface area contributed by atoms with Gasteiger partial charge in [-0.1, -0.05) is 109 Å². The number of carboxylic acids is 1. The molecule has 0 bridgehead atoms. The van der Waals surface area contributed by atoms with E-state index in [1.165, 1.54) is 12.1 Å². The highest BCUT2D eigenvalue weighted by atomic mass is 35.5. The number of hydrogen-bond acceptors (Lipinski definition) is 7. The number of rotatable bonds is 13. The van der Waals surface area contributed by atoms with Crippen LogP contribution in [-0.4, -0.2) is 40.6 Å². The van der Waals surface area contributed by atoms with Gasteiger partial charge in [0.25, 0.3) is 0 Å². The van der Waals surface area contributed by atoms with Crippen molar-refractivity contribution in [3.63, 3.8) is 0 Å². The lowest BCUT2D eigenvalue weighted by Crippen LogP contribution is -2.55. The van der Waals surface area contributed by atoms with E-state index in [0.717, 1.165) is 27.8 Å². The molecule has 8 rings (SSSR count). The van der Waals surface area contributed by atoms with Crippen molar-refractivity contribution in [2.24, 2.45) is 0 Å². The molecule has 0 radical (unpaired) electrons. The highest BCUT2D eigenvalue weighted by Gasteiger charge is 2.39. The predicted molar refractivity (Wildman–Crippen MR) is 235 cm³/mol. The van der Waals surface area contributed by atoms with Crippen molar-refractivity contribution < 1.29 is 33.3 Å². The number of nitrogens with zero attached hydrogens (tertiary/aromatic N) is 2. The Kier molecular flexibility index (Phi) is 12.8. The van der Waals surface area contributed by atoms with E-state index in [1.807, 2.05) is 78.9 Å². The first kappa shape index (κ1) is 42.3. The van der Waals surface area contributed by atoms with Gasteiger partial charge >= 0.3 is 5.97 Å². The zero-order chi connectivity index (χ0) is 43.3. The average Bonchev–Trinajstić information content (AvgIpc) is 3.29. The summed E-state index contributed by atoms with van der Waals surface area (Å²) >= 11 is 12.2. The van der Waals surface area contributed by atoms with Crippen LogP contribution in [0.3, 0.4) is 0 Å². The molecule has 12 heteroatoms. The van der Waals surface area contributed by atoms with Gasteiger partial charge in [0.05, 0.1) is 21.7 Å². The van der Waals surface area contributed by atoms with Crippen molar-refractivity contribution >= 4 is 35.1 Å². The molecule has 314 valence electrons. The van der Waals surface area contributed by atoms with Gasteiger partial charge in [-0.15, -0.1) is 0 Å². The number of carbonyl (C=O) groups excluding carboxylic acids is 1. The number of ether oxygens (including phenoxy) is 3. The second-order valence-corrected chi connectivity index (χ2v) is 16.2. The van der Waals surface area contributed by atoms with Gasteiger partial charge in [0, 0.05) is 19.0 Å². The van der Waals surface area contributed by atoms with E-state index >= 15 is 0 Å². The lowest BCUT2D eigenvalue weighted by molar-refractivity contribution is -0.143. The van der Waals surface area contributed by atoms with Gasteiger partial charge in [0.15, 0.2) is 17.6 Å². The van der Waals surface area contributed by atoms with E-state index in [0.29, 0.717) is 70.0 Å². The zero-order valence-corrected chi connectivity index (χ0v) is 35.2. The van der Waals surface area contributed by atoms with Crippen LogP contribution < -0.4 is 19.5 Å². The van der Waals surface area contributed by atoms with Crippen molar-refractivity contribution in [3.8, 4) is 34.4 Å². The normalized spacial score (nSPS) is 16.6. The Hall–Kier alpha value is -6.38. The summed E-state index contributed by atoms with van der Waals surface area (Å²) in [6.45, 7) is 3.11. The first-order chi connectivity index (χ1) is 30.1. The van der Waals surface area contributed by atoms with Gasteiger partial charge in [-0.3, -0.25) is 9.69 Å². The van der Waals surface area contributed by atoms with Gasteiger partial charge in [0.1, 0.15) is 36.9 Å². The van der Waals surface area contributed by atoms with Crippen LogP contribution >= 0.6 is 23.2 Å². The Bertz CT molecular complexity index is 2640. The summed E-state index contributed by atoms with van der Waals surface area (Å²) in [5, 5.41) is 23.3. The molecule has 2 aliphatic heterocycles.